The molecule has 0 bridgehead atoms. The summed E-state index contributed by atoms with van der Waals surface area (Å²) in [6, 6.07) is 96.1. The lowest BCUT2D eigenvalue weighted by Crippen LogP contribution is -2.11. The van der Waals surface area contributed by atoms with E-state index in [0.717, 1.165) is 72.5 Å². The van der Waals surface area contributed by atoms with E-state index in [0.29, 0.717) is 0 Å². The summed E-state index contributed by atoms with van der Waals surface area (Å²) in [6.07, 6.45) is 0. The van der Waals surface area contributed by atoms with Gasteiger partial charge in [0, 0.05) is 44.2 Å². The molecule has 0 unspecified atom stereocenters. The molecule has 324 valence electrons. The molecule has 0 saturated heterocycles. The molecule has 3 nitrogen and oxygen atoms in total. The molecule has 0 amide bonds. The summed E-state index contributed by atoms with van der Waals surface area (Å²) >= 11 is 0. The summed E-state index contributed by atoms with van der Waals surface area (Å²) < 4.78 is 8.72. The van der Waals surface area contributed by atoms with Crippen LogP contribution in [0, 0.1) is 0 Å². The smallest absolute Gasteiger partial charge is 0.136 e. The maximum Gasteiger partial charge on any atom is 0.136 e. The van der Waals surface area contributed by atoms with Crippen molar-refractivity contribution in [3.63, 3.8) is 0 Å². The van der Waals surface area contributed by atoms with E-state index >= 15 is 0 Å². The molecule has 0 spiro atoms. The molecule has 0 saturated carbocycles. The predicted octanol–water partition coefficient (Wildman–Crippen LogP) is 18.5. The van der Waals surface area contributed by atoms with Gasteiger partial charge in [-0.1, -0.05) is 188 Å². The molecular weight excluding hydrogens is 837 g/mol. The molecule has 0 aliphatic heterocycles. The highest BCUT2D eigenvalue weighted by atomic mass is 16.3. The number of para-hydroxylation sites is 4. The van der Waals surface area contributed by atoms with Crippen LogP contribution in [-0.4, -0.2) is 4.57 Å². The van der Waals surface area contributed by atoms with Crippen LogP contribution in [0.3, 0.4) is 0 Å². The first-order valence-corrected chi connectivity index (χ1v) is 23.6. The molecule has 11 aromatic carbocycles. The van der Waals surface area contributed by atoms with Crippen molar-refractivity contribution in [3.05, 3.63) is 267 Å². The number of hydrogen-bond donors (Lipinski definition) is 0. The molecule has 0 fully saturated rings. The van der Waals surface area contributed by atoms with E-state index in [1.165, 1.54) is 49.6 Å². The monoisotopic (exact) mass is 880 g/mol. The largest absolute Gasteiger partial charge is 0.456 e. The highest BCUT2D eigenvalue weighted by molar-refractivity contribution is 6.09. The molecule has 0 atom stereocenters. The van der Waals surface area contributed by atoms with Gasteiger partial charge in [-0.25, -0.2) is 0 Å². The van der Waals surface area contributed by atoms with Crippen molar-refractivity contribution in [2.75, 3.05) is 4.90 Å². The Morgan fingerprint density at radius 3 is 1.51 bits per heavy atom. The van der Waals surface area contributed by atoms with E-state index in [2.05, 4.69) is 264 Å². The lowest BCUT2D eigenvalue weighted by atomic mass is 9.93. The number of furan rings is 1. The van der Waals surface area contributed by atoms with Gasteiger partial charge in [0.15, 0.2) is 0 Å². The minimum absolute atomic E-state index is 0.884. The summed E-state index contributed by atoms with van der Waals surface area (Å²) in [4.78, 5) is 2.40. The van der Waals surface area contributed by atoms with Crippen LogP contribution in [0.25, 0.3) is 105 Å². The molecule has 69 heavy (non-hydrogen) atoms. The third-order valence-corrected chi connectivity index (χ3v) is 13.6. The van der Waals surface area contributed by atoms with Crippen LogP contribution in [0.5, 0.6) is 0 Å². The average molecular weight is 881 g/mol. The number of fused-ring (bicyclic) bond motifs is 6. The first-order chi connectivity index (χ1) is 34.2. The summed E-state index contributed by atoms with van der Waals surface area (Å²) in [5.74, 6) is 0. The molecule has 13 rings (SSSR count). The minimum Gasteiger partial charge on any atom is -0.456 e. The SMILES string of the molecule is c1ccc(-c2ccccc2-c2ccccc2N(c2ccc(-c3cccc(-c4ccc(-n5c6ccccc6c6ccccc65)cc4)c3)cc2)c2cccc(-c3ccc4c(c3)oc3ccccc34)c2)cc1. The van der Waals surface area contributed by atoms with Crippen LogP contribution >= 0.6 is 0 Å². The van der Waals surface area contributed by atoms with Gasteiger partial charge in [-0.15, -0.1) is 0 Å². The van der Waals surface area contributed by atoms with Gasteiger partial charge in [-0.3, -0.25) is 0 Å². The summed E-state index contributed by atoms with van der Waals surface area (Å²) in [7, 11) is 0. The zero-order chi connectivity index (χ0) is 45.7. The molecule has 2 aromatic heterocycles. The Labute approximate surface area is 401 Å². The van der Waals surface area contributed by atoms with E-state index in [-0.39, 0.29) is 0 Å². The zero-order valence-electron chi connectivity index (χ0n) is 37.7. The van der Waals surface area contributed by atoms with Gasteiger partial charge >= 0.3 is 0 Å². The van der Waals surface area contributed by atoms with Crippen molar-refractivity contribution in [2.45, 2.75) is 0 Å². The van der Waals surface area contributed by atoms with E-state index in [1.807, 2.05) is 12.1 Å². The molecule has 0 aliphatic carbocycles. The summed E-state index contributed by atoms with van der Waals surface area (Å²) in [5, 5.41) is 4.79. The molecule has 0 aliphatic rings. The Bertz CT molecular complexity index is 3960. The van der Waals surface area contributed by atoms with E-state index < -0.39 is 0 Å². The van der Waals surface area contributed by atoms with Crippen molar-refractivity contribution in [1.29, 1.82) is 0 Å². The summed E-state index contributed by atoms with van der Waals surface area (Å²) in [6.45, 7) is 0. The van der Waals surface area contributed by atoms with Gasteiger partial charge in [-0.2, -0.15) is 0 Å². The van der Waals surface area contributed by atoms with Crippen molar-refractivity contribution < 1.29 is 4.42 Å². The van der Waals surface area contributed by atoms with Crippen molar-refractivity contribution in [2.24, 2.45) is 0 Å². The van der Waals surface area contributed by atoms with Gasteiger partial charge in [0.05, 0.1) is 16.7 Å². The molecule has 0 radical (unpaired) electrons. The Hall–Kier alpha value is -9.18. The van der Waals surface area contributed by atoms with Crippen molar-refractivity contribution in [1.82, 2.24) is 4.57 Å². The van der Waals surface area contributed by atoms with Crippen LogP contribution < -0.4 is 4.90 Å². The highest BCUT2D eigenvalue weighted by Crippen LogP contribution is 2.45. The van der Waals surface area contributed by atoms with Gasteiger partial charge in [0.25, 0.3) is 0 Å². The lowest BCUT2D eigenvalue weighted by molar-refractivity contribution is 0.669. The molecule has 2 heterocycles. The zero-order valence-corrected chi connectivity index (χ0v) is 37.7. The van der Waals surface area contributed by atoms with Crippen LogP contribution in [-0.2, 0) is 0 Å². The van der Waals surface area contributed by atoms with Gasteiger partial charge in [-0.05, 0) is 129 Å². The minimum atomic E-state index is 0.884. The molecular formula is C66H44N2O. The summed E-state index contributed by atoms with van der Waals surface area (Å²) in [5.41, 5.74) is 20.1. The number of anilines is 3. The molecule has 13 aromatic rings. The topological polar surface area (TPSA) is 21.3 Å². The Balaban J connectivity index is 0.883. The third kappa shape index (κ3) is 7.16. The van der Waals surface area contributed by atoms with Gasteiger partial charge in [0.1, 0.15) is 11.2 Å². The van der Waals surface area contributed by atoms with Gasteiger partial charge in [0.2, 0.25) is 0 Å². The second-order valence-corrected chi connectivity index (χ2v) is 17.7. The highest BCUT2D eigenvalue weighted by Gasteiger charge is 2.20. The van der Waals surface area contributed by atoms with Crippen LogP contribution in [0.15, 0.2) is 271 Å². The van der Waals surface area contributed by atoms with E-state index in [1.54, 1.807) is 0 Å². The average Bonchev–Trinajstić information content (AvgIpc) is 3.97. The predicted molar refractivity (Wildman–Crippen MR) is 290 cm³/mol. The number of benzene rings is 11. The van der Waals surface area contributed by atoms with Crippen molar-refractivity contribution in [3.8, 4) is 61.3 Å². The van der Waals surface area contributed by atoms with Crippen molar-refractivity contribution >= 4 is 60.8 Å². The second-order valence-electron chi connectivity index (χ2n) is 17.7. The normalized spacial score (nSPS) is 11.5. The van der Waals surface area contributed by atoms with E-state index in [4.69, 9.17) is 4.42 Å². The third-order valence-electron chi connectivity index (χ3n) is 13.6. The van der Waals surface area contributed by atoms with Crippen LogP contribution in [0.1, 0.15) is 0 Å². The number of aromatic nitrogens is 1. The van der Waals surface area contributed by atoms with Crippen LogP contribution in [0.2, 0.25) is 0 Å². The van der Waals surface area contributed by atoms with Gasteiger partial charge < -0.3 is 13.9 Å². The molecule has 0 N–H and O–H groups in total. The Morgan fingerprint density at radius 1 is 0.275 bits per heavy atom. The first kappa shape index (κ1) is 40.1. The second kappa shape index (κ2) is 16.9. The number of nitrogens with zero attached hydrogens (tertiary/aromatic N) is 2. The van der Waals surface area contributed by atoms with Crippen LogP contribution in [0.4, 0.5) is 17.1 Å². The quantitative estimate of drug-likeness (QED) is 0.144. The first-order valence-electron chi connectivity index (χ1n) is 23.6. The fourth-order valence-electron chi connectivity index (χ4n) is 10.3. The maximum absolute atomic E-state index is 6.36. The number of hydrogen-bond acceptors (Lipinski definition) is 2. The fourth-order valence-corrected chi connectivity index (χ4v) is 10.3. The molecule has 3 heteroatoms. The number of rotatable bonds is 9. The maximum atomic E-state index is 6.36. The lowest BCUT2D eigenvalue weighted by Gasteiger charge is -2.29. The fraction of sp³-hybridized carbons (Fsp3) is 0. The standard InChI is InChI=1S/C66H44N2O/c1-2-16-47(17-3-1)55-22-4-5-23-56(55)57-24-6-10-28-62(57)67(54-21-15-20-50(43-54)51-36-41-61-60-27-9-13-31-65(60)69-66(61)44-51)52-37-32-45(33-38-52)48-18-14-19-49(42-48)46-34-39-53(40-35-46)68-63-29-11-7-25-58(63)59-26-8-12-30-64(59)68/h1-44H. The van der Waals surface area contributed by atoms with E-state index in [9.17, 15) is 0 Å². The Morgan fingerprint density at radius 2 is 0.783 bits per heavy atom. The Kier molecular flexibility index (Phi) is 9.84.